The first-order valence-electron chi connectivity index (χ1n) is 8.73. The number of amides is 1. The van der Waals surface area contributed by atoms with Crippen molar-refractivity contribution in [2.45, 2.75) is 37.8 Å². The first-order chi connectivity index (χ1) is 13.2. The van der Waals surface area contributed by atoms with Crippen molar-refractivity contribution >= 4 is 16.9 Å². The summed E-state index contributed by atoms with van der Waals surface area (Å²) >= 11 is 0. The van der Waals surface area contributed by atoms with Crippen LogP contribution >= 0.6 is 0 Å². The first-order valence-corrected chi connectivity index (χ1v) is 8.73. The van der Waals surface area contributed by atoms with Gasteiger partial charge in [0.15, 0.2) is 5.69 Å². The number of carbonyl (C=O) groups is 1. The Labute approximate surface area is 154 Å². The lowest BCUT2D eigenvalue weighted by Crippen LogP contribution is -2.39. The van der Waals surface area contributed by atoms with Gasteiger partial charge >= 0.3 is 0 Å². The maximum Gasteiger partial charge on any atom is 0.272 e. The van der Waals surface area contributed by atoms with Crippen LogP contribution in [-0.4, -0.2) is 54.4 Å². The number of nitrogens with zero attached hydrogens (tertiary/aromatic N) is 6. The van der Waals surface area contributed by atoms with Gasteiger partial charge in [-0.3, -0.25) is 14.5 Å². The zero-order valence-corrected chi connectivity index (χ0v) is 14.5. The highest BCUT2D eigenvalue weighted by Crippen LogP contribution is 2.22. The summed E-state index contributed by atoms with van der Waals surface area (Å²) in [6.45, 7) is 0.109. The maximum atomic E-state index is 12.9. The third-order valence-corrected chi connectivity index (χ3v) is 4.63. The molecule has 4 rings (SSSR count). The highest BCUT2D eigenvalue weighted by atomic mass is 16.5. The van der Waals surface area contributed by atoms with Crippen molar-refractivity contribution in [3.8, 4) is 12.0 Å². The van der Waals surface area contributed by atoms with Gasteiger partial charge in [0.05, 0.1) is 18.4 Å². The van der Waals surface area contributed by atoms with E-state index >= 15 is 0 Å². The van der Waals surface area contributed by atoms with Crippen molar-refractivity contribution in [1.82, 2.24) is 35.0 Å². The number of imidazole rings is 1. The zero-order chi connectivity index (χ0) is 18.6. The van der Waals surface area contributed by atoms with Crippen molar-refractivity contribution in [3.63, 3.8) is 0 Å². The molecule has 3 heterocycles. The van der Waals surface area contributed by atoms with E-state index in [0.29, 0.717) is 17.0 Å². The van der Waals surface area contributed by atoms with Crippen molar-refractivity contribution in [3.05, 3.63) is 30.6 Å². The van der Waals surface area contributed by atoms with Crippen LogP contribution < -0.4 is 5.32 Å². The number of hydrogen-bond donors (Lipinski definition) is 2. The van der Waals surface area contributed by atoms with E-state index in [0.717, 1.165) is 25.7 Å². The number of carbonyl (C=O) groups excluding carboxylic acids is 1. The summed E-state index contributed by atoms with van der Waals surface area (Å²) in [5.74, 6) is 0.0922. The van der Waals surface area contributed by atoms with Crippen LogP contribution in [0.5, 0.6) is 0 Å². The number of nitriles is 1. The molecule has 0 spiro atoms. The molecule has 2 N–H and O–H groups in total. The normalized spacial score (nSPS) is 19.7. The molecule has 0 aliphatic heterocycles. The summed E-state index contributed by atoms with van der Waals surface area (Å²) in [5, 5.41) is 18.4. The number of aromatic amines is 1. The summed E-state index contributed by atoms with van der Waals surface area (Å²) < 4.78 is 7.10. The highest BCUT2D eigenvalue weighted by Gasteiger charge is 2.25. The Morgan fingerprint density at radius 2 is 2.22 bits per heavy atom. The summed E-state index contributed by atoms with van der Waals surface area (Å²) in [5.41, 5.74) is 1.32. The Balaban J connectivity index is 1.50. The zero-order valence-electron chi connectivity index (χ0n) is 14.5. The largest absolute Gasteiger partial charge is 0.363 e. The fourth-order valence-corrected chi connectivity index (χ4v) is 3.27. The Bertz CT molecular complexity index is 967. The summed E-state index contributed by atoms with van der Waals surface area (Å²) in [4.78, 5) is 25.6. The second kappa shape index (κ2) is 7.51. The molecule has 0 aromatic carbocycles. The summed E-state index contributed by atoms with van der Waals surface area (Å²) in [6.07, 6.45) is 9.79. The fourth-order valence-electron chi connectivity index (χ4n) is 3.27. The Morgan fingerprint density at radius 3 is 2.96 bits per heavy atom. The molecule has 1 fully saturated rings. The minimum atomic E-state index is -0.269. The van der Waals surface area contributed by atoms with Gasteiger partial charge in [0.1, 0.15) is 24.0 Å². The fraction of sp³-hybridized carbons (Fsp3) is 0.412. The minimum absolute atomic E-state index is 0.0454. The van der Waals surface area contributed by atoms with Crippen molar-refractivity contribution in [2.24, 2.45) is 0 Å². The number of hydrogen-bond acceptors (Lipinski definition) is 7. The van der Waals surface area contributed by atoms with Gasteiger partial charge in [-0.2, -0.15) is 10.4 Å². The van der Waals surface area contributed by atoms with E-state index in [1.165, 1.54) is 0 Å². The second-order valence-electron chi connectivity index (χ2n) is 6.39. The van der Waals surface area contributed by atoms with E-state index in [2.05, 4.69) is 30.5 Å². The van der Waals surface area contributed by atoms with E-state index in [-0.39, 0.29) is 30.4 Å². The summed E-state index contributed by atoms with van der Waals surface area (Å²) in [7, 11) is 0. The molecule has 3 aromatic rings. The molecule has 1 aliphatic carbocycles. The lowest BCUT2D eigenvalue weighted by Gasteiger charge is -2.28. The van der Waals surface area contributed by atoms with Gasteiger partial charge in [-0.05, 0) is 25.7 Å². The van der Waals surface area contributed by atoms with Crippen LogP contribution in [0.3, 0.4) is 0 Å². The van der Waals surface area contributed by atoms with Crippen LogP contribution in [0.15, 0.2) is 24.9 Å². The van der Waals surface area contributed by atoms with Crippen molar-refractivity contribution in [1.29, 1.82) is 5.26 Å². The van der Waals surface area contributed by atoms with Crippen LogP contribution in [0.4, 0.5) is 0 Å². The molecule has 0 radical (unpaired) electrons. The van der Waals surface area contributed by atoms with Gasteiger partial charge in [0.25, 0.3) is 5.91 Å². The predicted octanol–water partition coefficient (Wildman–Crippen LogP) is 1.12. The molecule has 3 aromatic heterocycles. The Hall–Kier alpha value is -3.32. The van der Waals surface area contributed by atoms with Gasteiger partial charge in [0, 0.05) is 18.4 Å². The smallest absolute Gasteiger partial charge is 0.272 e. The Morgan fingerprint density at radius 1 is 1.37 bits per heavy atom. The van der Waals surface area contributed by atoms with E-state index in [1.807, 2.05) is 6.07 Å². The number of fused-ring (bicyclic) bond motifs is 1. The van der Waals surface area contributed by atoms with Crippen LogP contribution in [-0.2, 0) is 4.74 Å². The second-order valence-corrected chi connectivity index (χ2v) is 6.39. The molecule has 1 saturated carbocycles. The first kappa shape index (κ1) is 17.1. The highest BCUT2D eigenvalue weighted by molar-refractivity contribution is 6.02. The molecule has 10 nitrogen and oxygen atoms in total. The lowest BCUT2D eigenvalue weighted by atomic mass is 9.93. The van der Waals surface area contributed by atoms with Crippen molar-refractivity contribution in [2.75, 3.05) is 6.61 Å². The number of ether oxygens (including phenoxy) is 1. The predicted molar refractivity (Wildman–Crippen MR) is 93.9 cm³/mol. The number of H-pyrrole nitrogens is 1. The van der Waals surface area contributed by atoms with Crippen LogP contribution in [0.1, 0.15) is 36.2 Å². The van der Waals surface area contributed by atoms with E-state index in [1.54, 1.807) is 29.5 Å². The third kappa shape index (κ3) is 3.63. The molecular formula is C17H18N8O2. The standard InChI is InChI=1S/C17H18N8O2/c18-5-8-27-12-3-1-11(2-4-12)21-16(26)15-14-13(9-20-24-14)22-17(23-15)25-7-6-19-10-25/h6-7,9-12H,1-4,8H2,(H,20,24)(H,21,26)/t11-,12-. The molecule has 0 bridgehead atoms. The van der Waals surface area contributed by atoms with Crippen LogP contribution in [0.25, 0.3) is 17.0 Å². The van der Waals surface area contributed by atoms with E-state index in [4.69, 9.17) is 10.00 Å². The topological polar surface area (TPSA) is 134 Å². The average Bonchev–Trinajstić information content (AvgIpc) is 3.38. The molecule has 1 aliphatic rings. The Kier molecular flexibility index (Phi) is 4.76. The third-order valence-electron chi connectivity index (χ3n) is 4.63. The lowest BCUT2D eigenvalue weighted by molar-refractivity contribution is 0.0411. The SMILES string of the molecule is N#CCO[C@H]1CC[C@H](NC(=O)c2nc(-n3ccnc3)nc3cn[nH]c23)CC1. The summed E-state index contributed by atoms with van der Waals surface area (Å²) in [6, 6.07) is 2.03. The molecule has 138 valence electrons. The van der Waals surface area contributed by atoms with Gasteiger partial charge in [-0.25, -0.2) is 15.0 Å². The quantitative estimate of drug-likeness (QED) is 0.691. The maximum absolute atomic E-state index is 12.9. The molecule has 0 atom stereocenters. The van der Waals surface area contributed by atoms with E-state index < -0.39 is 0 Å². The van der Waals surface area contributed by atoms with E-state index in [9.17, 15) is 4.79 Å². The van der Waals surface area contributed by atoms with Gasteiger partial charge in [0.2, 0.25) is 5.95 Å². The molecule has 1 amide bonds. The molecule has 0 unspecified atom stereocenters. The van der Waals surface area contributed by atoms with Gasteiger partial charge in [-0.15, -0.1) is 0 Å². The van der Waals surface area contributed by atoms with Gasteiger partial charge in [-0.1, -0.05) is 0 Å². The molecular weight excluding hydrogens is 348 g/mol. The number of nitrogens with one attached hydrogen (secondary N) is 2. The van der Waals surface area contributed by atoms with Crippen LogP contribution in [0.2, 0.25) is 0 Å². The molecule has 0 saturated heterocycles. The van der Waals surface area contributed by atoms with Gasteiger partial charge < -0.3 is 10.1 Å². The molecule has 27 heavy (non-hydrogen) atoms. The monoisotopic (exact) mass is 366 g/mol. The number of aromatic nitrogens is 6. The molecule has 10 heteroatoms. The van der Waals surface area contributed by atoms with Crippen molar-refractivity contribution < 1.29 is 9.53 Å². The van der Waals surface area contributed by atoms with Crippen LogP contribution in [0, 0.1) is 11.3 Å². The average molecular weight is 366 g/mol. The minimum Gasteiger partial charge on any atom is -0.363 e. The number of rotatable bonds is 5.